The summed E-state index contributed by atoms with van der Waals surface area (Å²) in [6.45, 7) is 12.3. The van der Waals surface area contributed by atoms with Crippen LogP contribution in [-0.2, 0) is 0 Å². The molecule has 1 atom stereocenters. The lowest BCUT2D eigenvalue weighted by atomic mass is 9.98. The van der Waals surface area contributed by atoms with Crippen LogP contribution in [0.2, 0.25) is 0 Å². The zero-order chi connectivity index (χ0) is 15.9. The van der Waals surface area contributed by atoms with Gasteiger partial charge in [0.05, 0.1) is 13.2 Å². The van der Waals surface area contributed by atoms with Crippen molar-refractivity contribution in [3.05, 3.63) is 29.3 Å². The SMILES string of the molecule is CCCNC(C)(CO)CCOc1ccc(C(C)C)c(C)c1. The molecular formula is C18H31NO2. The Balaban J connectivity index is 2.53. The Morgan fingerprint density at radius 2 is 2.05 bits per heavy atom. The van der Waals surface area contributed by atoms with Gasteiger partial charge in [0.25, 0.3) is 0 Å². The minimum Gasteiger partial charge on any atom is -0.494 e. The molecule has 0 aliphatic rings. The summed E-state index contributed by atoms with van der Waals surface area (Å²) in [5.74, 6) is 1.45. The van der Waals surface area contributed by atoms with Crippen molar-refractivity contribution in [1.29, 1.82) is 0 Å². The van der Waals surface area contributed by atoms with E-state index < -0.39 is 0 Å². The molecule has 0 radical (unpaired) electrons. The van der Waals surface area contributed by atoms with E-state index in [1.807, 2.05) is 13.0 Å². The maximum atomic E-state index is 9.53. The lowest BCUT2D eigenvalue weighted by molar-refractivity contribution is 0.144. The molecule has 0 aromatic heterocycles. The fraction of sp³-hybridized carbons (Fsp3) is 0.667. The van der Waals surface area contributed by atoms with Crippen LogP contribution >= 0.6 is 0 Å². The van der Waals surface area contributed by atoms with Gasteiger partial charge in [0.15, 0.2) is 0 Å². The highest BCUT2D eigenvalue weighted by atomic mass is 16.5. The molecule has 1 unspecified atom stereocenters. The van der Waals surface area contributed by atoms with Crippen LogP contribution in [0.25, 0.3) is 0 Å². The maximum absolute atomic E-state index is 9.53. The van der Waals surface area contributed by atoms with Crippen LogP contribution in [0.4, 0.5) is 0 Å². The Hall–Kier alpha value is -1.06. The summed E-state index contributed by atoms with van der Waals surface area (Å²) in [6, 6.07) is 6.29. The largest absolute Gasteiger partial charge is 0.494 e. The number of ether oxygens (including phenoxy) is 1. The Morgan fingerprint density at radius 3 is 2.57 bits per heavy atom. The first-order valence-corrected chi connectivity index (χ1v) is 8.01. The van der Waals surface area contributed by atoms with Gasteiger partial charge in [-0.3, -0.25) is 0 Å². The lowest BCUT2D eigenvalue weighted by Crippen LogP contribution is -2.47. The summed E-state index contributed by atoms with van der Waals surface area (Å²) in [6.07, 6.45) is 1.85. The van der Waals surface area contributed by atoms with Crippen LogP contribution in [0.5, 0.6) is 5.75 Å². The van der Waals surface area contributed by atoms with E-state index in [0.29, 0.717) is 12.5 Å². The summed E-state index contributed by atoms with van der Waals surface area (Å²) in [5.41, 5.74) is 2.38. The monoisotopic (exact) mass is 293 g/mol. The van der Waals surface area contributed by atoms with Gasteiger partial charge in [-0.25, -0.2) is 0 Å². The van der Waals surface area contributed by atoms with Gasteiger partial charge in [0.1, 0.15) is 5.75 Å². The smallest absolute Gasteiger partial charge is 0.119 e. The van der Waals surface area contributed by atoms with Gasteiger partial charge in [-0.05, 0) is 56.0 Å². The molecule has 0 saturated carbocycles. The molecular weight excluding hydrogens is 262 g/mol. The lowest BCUT2D eigenvalue weighted by Gasteiger charge is -2.28. The Kier molecular flexibility index (Phi) is 7.20. The quantitative estimate of drug-likeness (QED) is 0.730. The molecule has 2 N–H and O–H groups in total. The summed E-state index contributed by atoms with van der Waals surface area (Å²) in [4.78, 5) is 0. The molecule has 0 saturated heterocycles. The first-order valence-electron chi connectivity index (χ1n) is 8.01. The summed E-state index contributed by atoms with van der Waals surface area (Å²) in [7, 11) is 0. The molecule has 0 fully saturated rings. The third-order valence-electron chi connectivity index (χ3n) is 3.94. The van der Waals surface area contributed by atoms with E-state index in [-0.39, 0.29) is 12.1 Å². The van der Waals surface area contributed by atoms with Crippen LogP contribution in [0.15, 0.2) is 18.2 Å². The highest BCUT2D eigenvalue weighted by molar-refractivity contribution is 5.36. The van der Waals surface area contributed by atoms with E-state index in [1.165, 1.54) is 11.1 Å². The number of nitrogens with one attached hydrogen (secondary N) is 1. The van der Waals surface area contributed by atoms with Gasteiger partial charge >= 0.3 is 0 Å². The van der Waals surface area contributed by atoms with Gasteiger partial charge in [-0.1, -0.05) is 26.8 Å². The van der Waals surface area contributed by atoms with E-state index in [4.69, 9.17) is 4.74 Å². The number of aryl methyl sites for hydroxylation is 1. The zero-order valence-corrected chi connectivity index (χ0v) is 14.2. The number of hydrogen-bond donors (Lipinski definition) is 2. The van der Waals surface area contributed by atoms with Gasteiger partial charge in [0, 0.05) is 12.0 Å². The van der Waals surface area contributed by atoms with E-state index in [0.717, 1.165) is 25.1 Å². The molecule has 0 aliphatic heterocycles. The summed E-state index contributed by atoms with van der Waals surface area (Å²) in [5, 5.41) is 12.9. The minimum atomic E-state index is -0.261. The van der Waals surface area contributed by atoms with Crippen LogP contribution in [-0.4, -0.2) is 30.4 Å². The van der Waals surface area contributed by atoms with Gasteiger partial charge in [-0.15, -0.1) is 0 Å². The molecule has 3 nitrogen and oxygen atoms in total. The second-order valence-corrected chi connectivity index (χ2v) is 6.42. The third-order valence-corrected chi connectivity index (χ3v) is 3.94. The van der Waals surface area contributed by atoms with Crippen LogP contribution in [0, 0.1) is 6.92 Å². The van der Waals surface area contributed by atoms with E-state index in [2.05, 4.69) is 45.1 Å². The molecule has 1 aromatic rings. The van der Waals surface area contributed by atoms with Gasteiger partial charge in [-0.2, -0.15) is 0 Å². The number of benzene rings is 1. The van der Waals surface area contributed by atoms with Crippen molar-refractivity contribution in [1.82, 2.24) is 5.32 Å². The molecule has 21 heavy (non-hydrogen) atoms. The zero-order valence-electron chi connectivity index (χ0n) is 14.2. The molecule has 1 rings (SSSR count). The first-order chi connectivity index (χ1) is 9.91. The minimum absolute atomic E-state index is 0.127. The van der Waals surface area contributed by atoms with Crippen molar-refractivity contribution in [2.75, 3.05) is 19.8 Å². The van der Waals surface area contributed by atoms with Gasteiger partial charge in [0.2, 0.25) is 0 Å². The molecule has 1 aromatic carbocycles. The topological polar surface area (TPSA) is 41.5 Å². The van der Waals surface area contributed by atoms with Crippen molar-refractivity contribution in [3.8, 4) is 5.75 Å². The Bertz CT molecular complexity index is 431. The number of aliphatic hydroxyl groups is 1. The van der Waals surface area contributed by atoms with Crippen molar-refractivity contribution >= 4 is 0 Å². The third kappa shape index (κ3) is 5.68. The summed E-state index contributed by atoms with van der Waals surface area (Å²) < 4.78 is 5.85. The predicted octanol–water partition coefficient (Wildman–Crippen LogP) is 3.64. The van der Waals surface area contributed by atoms with Crippen LogP contribution in [0.1, 0.15) is 57.6 Å². The molecule has 0 bridgehead atoms. The van der Waals surface area contributed by atoms with Crippen molar-refractivity contribution < 1.29 is 9.84 Å². The molecule has 3 heteroatoms. The fourth-order valence-electron chi connectivity index (χ4n) is 2.43. The molecule has 0 heterocycles. The fourth-order valence-corrected chi connectivity index (χ4v) is 2.43. The van der Waals surface area contributed by atoms with E-state index >= 15 is 0 Å². The average molecular weight is 293 g/mol. The number of rotatable bonds is 9. The average Bonchev–Trinajstić information content (AvgIpc) is 2.45. The highest BCUT2D eigenvalue weighted by Gasteiger charge is 2.22. The molecule has 0 amide bonds. The maximum Gasteiger partial charge on any atom is 0.119 e. The first kappa shape index (κ1) is 18.0. The normalized spacial score (nSPS) is 14.2. The van der Waals surface area contributed by atoms with Crippen molar-refractivity contribution in [2.45, 2.75) is 58.9 Å². The second-order valence-electron chi connectivity index (χ2n) is 6.42. The van der Waals surface area contributed by atoms with Gasteiger partial charge < -0.3 is 15.2 Å². The summed E-state index contributed by atoms with van der Waals surface area (Å²) >= 11 is 0. The molecule has 120 valence electrons. The molecule has 0 aliphatic carbocycles. The number of aliphatic hydroxyl groups excluding tert-OH is 1. The van der Waals surface area contributed by atoms with Crippen molar-refractivity contribution in [3.63, 3.8) is 0 Å². The Morgan fingerprint density at radius 1 is 1.33 bits per heavy atom. The molecule has 0 spiro atoms. The van der Waals surface area contributed by atoms with Crippen LogP contribution < -0.4 is 10.1 Å². The standard InChI is InChI=1S/C18H31NO2/c1-6-10-19-18(5,13-20)9-11-21-16-7-8-17(14(2)3)15(4)12-16/h7-8,12,14,19-20H,6,9-11,13H2,1-5H3. The number of hydrogen-bond acceptors (Lipinski definition) is 3. The highest BCUT2D eigenvalue weighted by Crippen LogP contribution is 2.23. The second kappa shape index (κ2) is 8.40. The van der Waals surface area contributed by atoms with E-state index in [1.54, 1.807) is 0 Å². The van der Waals surface area contributed by atoms with Crippen molar-refractivity contribution in [2.24, 2.45) is 0 Å². The predicted molar refractivity (Wildman–Crippen MR) is 89.2 cm³/mol. The van der Waals surface area contributed by atoms with Crippen LogP contribution in [0.3, 0.4) is 0 Å². The van der Waals surface area contributed by atoms with E-state index in [9.17, 15) is 5.11 Å². The Labute approximate surface area is 129 Å².